The molecule has 1 aliphatic rings. The Hall–Kier alpha value is -0.380. The minimum Gasteiger partial charge on any atom is -0.328 e. The third kappa shape index (κ3) is 4.57. The molecule has 112 valence electrons. The van der Waals surface area contributed by atoms with Gasteiger partial charge in [-0.15, -0.1) is 0 Å². The second-order valence-electron chi connectivity index (χ2n) is 6.80. The molecule has 1 aromatic carbocycles. The first-order chi connectivity index (χ1) is 9.47. The SMILES string of the molecule is CC(C)(CNCC1CCC(N)CC1)c1ccc(Br)cc1. The van der Waals surface area contributed by atoms with Crippen molar-refractivity contribution in [2.24, 2.45) is 11.7 Å². The fraction of sp³-hybridized carbons (Fsp3) is 0.647. The van der Waals surface area contributed by atoms with Crippen LogP contribution in [0.3, 0.4) is 0 Å². The third-order valence-electron chi connectivity index (χ3n) is 4.52. The Bertz CT molecular complexity index is 406. The maximum Gasteiger partial charge on any atom is 0.0175 e. The van der Waals surface area contributed by atoms with Crippen LogP contribution in [0.4, 0.5) is 0 Å². The molecule has 1 fully saturated rings. The van der Waals surface area contributed by atoms with Crippen molar-refractivity contribution >= 4 is 15.9 Å². The Morgan fingerprint density at radius 3 is 2.35 bits per heavy atom. The summed E-state index contributed by atoms with van der Waals surface area (Å²) in [5.41, 5.74) is 7.52. The van der Waals surface area contributed by atoms with Crippen LogP contribution in [-0.4, -0.2) is 19.1 Å². The second kappa shape index (κ2) is 7.06. The van der Waals surface area contributed by atoms with Gasteiger partial charge < -0.3 is 11.1 Å². The smallest absolute Gasteiger partial charge is 0.0175 e. The first-order valence-corrected chi connectivity index (χ1v) is 8.49. The summed E-state index contributed by atoms with van der Waals surface area (Å²) in [6, 6.07) is 9.13. The maximum atomic E-state index is 5.96. The molecule has 0 amide bonds. The molecule has 1 aliphatic carbocycles. The molecule has 2 rings (SSSR count). The highest BCUT2D eigenvalue weighted by Gasteiger charge is 2.22. The molecule has 0 aliphatic heterocycles. The highest BCUT2D eigenvalue weighted by atomic mass is 79.9. The summed E-state index contributed by atoms with van der Waals surface area (Å²) in [4.78, 5) is 0. The van der Waals surface area contributed by atoms with E-state index in [1.807, 2.05) is 0 Å². The van der Waals surface area contributed by atoms with Gasteiger partial charge >= 0.3 is 0 Å². The van der Waals surface area contributed by atoms with Gasteiger partial charge in [-0.2, -0.15) is 0 Å². The predicted molar refractivity (Wildman–Crippen MR) is 90.0 cm³/mol. The molecule has 2 nitrogen and oxygen atoms in total. The number of nitrogens with two attached hydrogens (primary N) is 1. The summed E-state index contributed by atoms with van der Waals surface area (Å²) < 4.78 is 1.14. The zero-order valence-corrected chi connectivity index (χ0v) is 14.2. The van der Waals surface area contributed by atoms with Gasteiger partial charge in [0.25, 0.3) is 0 Å². The molecule has 0 radical (unpaired) electrons. The lowest BCUT2D eigenvalue weighted by molar-refractivity contribution is 0.306. The topological polar surface area (TPSA) is 38.0 Å². The van der Waals surface area contributed by atoms with Gasteiger partial charge in [-0.1, -0.05) is 41.9 Å². The Balaban J connectivity index is 1.79. The average Bonchev–Trinajstić information content (AvgIpc) is 2.41. The van der Waals surface area contributed by atoms with Crippen molar-refractivity contribution in [3.8, 4) is 0 Å². The zero-order valence-electron chi connectivity index (χ0n) is 12.7. The van der Waals surface area contributed by atoms with Crippen LogP contribution in [0.25, 0.3) is 0 Å². The largest absolute Gasteiger partial charge is 0.328 e. The van der Waals surface area contributed by atoms with Gasteiger partial charge in [0.1, 0.15) is 0 Å². The standard InChI is InChI=1S/C17H27BrN2/c1-17(2,14-5-7-15(18)8-6-14)12-20-11-13-3-9-16(19)10-4-13/h5-8,13,16,20H,3-4,9-12,19H2,1-2H3. The third-order valence-corrected chi connectivity index (χ3v) is 5.05. The van der Waals surface area contributed by atoms with Gasteiger partial charge in [0, 0.05) is 22.5 Å². The molecule has 0 spiro atoms. The molecule has 1 saturated carbocycles. The summed E-state index contributed by atoms with van der Waals surface area (Å²) in [6.07, 6.45) is 4.96. The fourth-order valence-electron chi connectivity index (χ4n) is 2.98. The first kappa shape index (κ1) is 16.0. The van der Waals surface area contributed by atoms with Gasteiger partial charge in [0.2, 0.25) is 0 Å². The molecule has 0 atom stereocenters. The van der Waals surface area contributed by atoms with Gasteiger partial charge in [-0.05, 0) is 55.8 Å². The van der Waals surface area contributed by atoms with E-state index < -0.39 is 0 Å². The first-order valence-electron chi connectivity index (χ1n) is 7.70. The Kier molecular flexibility index (Phi) is 5.65. The van der Waals surface area contributed by atoms with E-state index in [0.717, 1.165) is 23.5 Å². The summed E-state index contributed by atoms with van der Waals surface area (Å²) >= 11 is 3.50. The average molecular weight is 339 g/mol. The molecule has 20 heavy (non-hydrogen) atoms. The van der Waals surface area contributed by atoms with Crippen LogP contribution in [0, 0.1) is 5.92 Å². The van der Waals surface area contributed by atoms with Crippen molar-refractivity contribution in [1.82, 2.24) is 5.32 Å². The van der Waals surface area contributed by atoms with E-state index in [9.17, 15) is 0 Å². The van der Waals surface area contributed by atoms with Crippen molar-refractivity contribution in [1.29, 1.82) is 0 Å². The molecule has 1 aromatic rings. The lowest BCUT2D eigenvalue weighted by atomic mass is 9.83. The molecule has 0 saturated heterocycles. The van der Waals surface area contributed by atoms with E-state index in [-0.39, 0.29) is 5.41 Å². The van der Waals surface area contributed by atoms with E-state index in [1.165, 1.54) is 31.2 Å². The van der Waals surface area contributed by atoms with E-state index in [2.05, 4.69) is 59.4 Å². The summed E-state index contributed by atoms with van der Waals surface area (Å²) in [5.74, 6) is 0.815. The van der Waals surface area contributed by atoms with Crippen LogP contribution in [0.5, 0.6) is 0 Å². The van der Waals surface area contributed by atoms with Gasteiger partial charge in [-0.25, -0.2) is 0 Å². The van der Waals surface area contributed by atoms with Crippen LogP contribution in [0.2, 0.25) is 0 Å². The minimum absolute atomic E-state index is 0.172. The highest BCUT2D eigenvalue weighted by Crippen LogP contribution is 2.25. The highest BCUT2D eigenvalue weighted by molar-refractivity contribution is 9.10. The molecule has 0 aromatic heterocycles. The van der Waals surface area contributed by atoms with Gasteiger partial charge in [0.15, 0.2) is 0 Å². The summed E-state index contributed by atoms with van der Waals surface area (Å²) in [7, 11) is 0. The second-order valence-corrected chi connectivity index (χ2v) is 7.72. The molecule has 0 bridgehead atoms. The molecule has 0 heterocycles. The lowest BCUT2D eigenvalue weighted by Crippen LogP contribution is -2.37. The number of rotatable bonds is 5. The van der Waals surface area contributed by atoms with Crippen molar-refractivity contribution in [2.75, 3.05) is 13.1 Å². The van der Waals surface area contributed by atoms with Gasteiger partial charge in [-0.3, -0.25) is 0 Å². The van der Waals surface area contributed by atoms with E-state index >= 15 is 0 Å². The summed E-state index contributed by atoms with van der Waals surface area (Å²) in [5, 5.41) is 3.67. The van der Waals surface area contributed by atoms with E-state index in [0.29, 0.717) is 6.04 Å². The minimum atomic E-state index is 0.172. The zero-order chi connectivity index (χ0) is 14.6. The number of hydrogen-bond donors (Lipinski definition) is 2. The molecule has 3 N–H and O–H groups in total. The van der Waals surface area contributed by atoms with Crippen molar-refractivity contribution < 1.29 is 0 Å². The van der Waals surface area contributed by atoms with Crippen molar-refractivity contribution in [2.45, 2.75) is 51.0 Å². The van der Waals surface area contributed by atoms with Crippen LogP contribution in [-0.2, 0) is 5.41 Å². The molecular weight excluding hydrogens is 312 g/mol. The molecule has 3 heteroatoms. The van der Waals surface area contributed by atoms with Crippen LogP contribution in [0.1, 0.15) is 45.1 Å². The van der Waals surface area contributed by atoms with Crippen molar-refractivity contribution in [3.63, 3.8) is 0 Å². The van der Waals surface area contributed by atoms with E-state index in [1.54, 1.807) is 0 Å². The van der Waals surface area contributed by atoms with Crippen LogP contribution >= 0.6 is 15.9 Å². The summed E-state index contributed by atoms with van der Waals surface area (Å²) in [6.45, 7) is 6.77. The maximum absolute atomic E-state index is 5.96. The van der Waals surface area contributed by atoms with E-state index in [4.69, 9.17) is 5.73 Å². The Morgan fingerprint density at radius 1 is 1.15 bits per heavy atom. The lowest BCUT2D eigenvalue weighted by Gasteiger charge is -2.30. The predicted octanol–water partition coefficient (Wildman–Crippen LogP) is 3.83. The Morgan fingerprint density at radius 2 is 1.75 bits per heavy atom. The number of benzene rings is 1. The van der Waals surface area contributed by atoms with Crippen LogP contribution < -0.4 is 11.1 Å². The quantitative estimate of drug-likeness (QED) is 0.856. The van der Waals surface area contributed by atoms with Crippen LogP contribution in [0.15, 0.2) is 28.7 Å². The molecular formula is C17H27BrN2. The fourth-order valence-corrected chi connectivity index (χ4v) is 3.25. The number of nitrogens with one attached hydrogen (secondary N) is 1. The Labute approximate surface area is 131 Å². The van der Waals surface area contributed by atoms with Crippen molar-refractivity contribution in [3.05, 3.63) is 34.3 Å². The monoisotopic (exact) mass is 338 g/mol. The molecule has 0 unspecified atom stereocenters. The normalized spacial score (nSPS) is 23.8. The number of halogens is 1. The van der Waals surface area contributed by atoms with Gasteiger partial charge in [0.05, 0.1) is 0 Å². The number of hydrogen-bond acceptors (Lipinski definition) is 2.